The molecule has 0 aliphatic carbocycles. The maximum absolute atomic E-state index is 13.6. The minimum atomic E-state index is -4.20. The molecule has 0 atom stereocenters. The highest BCUT2D eigenvalue weighted by atomic mass is 32.2. The molecule has 0 unspecified atom stereocenters. The van der Waals surface area contributed by atoms with Gasteiger partial charge in [-0.3, -0.25) is 0 Å². The van der Waals surface area contributed by atoms with Gasteiger partial charge in [0.1, 0.15) is 16.4 Å². The van der Waals surface area contributed by atoms with Crippen molar-refractivity contribution in [2.24, 2.45) is 0 Å². The maximum Gasteiger partial charge on any atom is 0.243 e. The van der Waals surface area contributed by atoms with E-state index in [-0.39, 0.29) is 12.4 Å². The van der Waals surface area contributed by atoms with Gasteiger partial charge in [0.2, 0.25) is 10.0 Å². The van der Waals surface area contributed by atoms with Crippen molar-refractivity contribution in [1.29, 1.82) is 0 Å². The summed E-state index contributed by atoms with van der Waals surface area (Å²) in [6.45, 7) is -0.296. The fraction of sp³-hybridized carbons (Fsp3) is 0.125. The number of aromatic amines is 1. The van der Waals surface area contributed by atoms with Crippen LogP contribution in [-0.2, 0) is 16.6 Å². The van der Waals surface area contributed by atoms with Crippen molar-refractivity contribution in [2.45, 2.75) is 11.4 Å². The number of hydrogen-bond donors (Lipinski definition) is 3. The zero-order chi connectivity index (χ0) is 14.0. The number of nitrogen functional groups attached to an aromatic ring is 1. The van der Waals surface area contributed by atoms with Crippen LogP contribution in [0.15, 0.2) is 17.0 Å². The first kappa shape index (κ1) is 13.3. The van der Waals surface area contributed by atoms with E-state index in [2.05, 4.69) is 20.6 Å². The summed E-state index contributed by atoms with van der Waals surface area (Å²) >= 11 is 0. The third-order valence-corrected chi connectivity index (χ3v) is 3.61. The van der Waals surface area contributed by atoms with Crippen LogP contribution in [0.25, 0.3) is 0 Å². The van der Waals surface area contributed by atoms with Crippen molar-refractivity contribution in [3.63, 3.8) is 0 Å². The normalized spacial score (nSPS) is 11.7. The van der Waals surface area contributed by atoms with Crippen LogP contribution >= 0.6 is 0 Å². The van der Waals surface area contributed by atoms with Crippen LogP contribution in [-0.4, -0.2) is 29.0 Å². The first-order valence-corrected chi connectivity index (χ1v) is 6.35. The van der Waals surface area contributed by atoms with Crippen LogP contribution in [0.5, 0.6) is 0 Å². The van der Waals surface area contributed by atoms with E-state index in [1.54, 1.807) is 0 Å². The van der Waals surface area contributed by atoms with E-state index in [0.29, 0.717) is 0 Å². The molecule has 11 heteroatoms. The number of halogens is 2. The van der Waals surface area contributed by atoms with Crippen LogP contribution in [0.1, 0.15) is 5.82 Å². The predicted molar refractivity (Wildman–Crippen MR) is 59.0 cm³/mol. The Labute approximate surface area is 106 Å². The number of rotatable bonds is 4. The van der Waals surface area contributed by atoms with E-state index < -0.39 is 32.2 Å². The van der Waals surface area contributed by atoms with E-state index >= 15 is 0 Å². The lowest BCUT2D eigenvalue weighted by Crippen LogP contribution is -2.25. The summed E-state index contributed by atoms with van der Waals surface area (Å²) in [6.07, 6.45) is 0. The molecule has 0 amide bonds. The molecule has 1 aromatic heterocycles. The number of H-pyrrole nitrogens is 1. The van der Waals surface area contributed by atoms with E-state index in [1.807, 2.05) is 4.72 Å². The van der Waals surface area contributed by atoms with Crippen molar-refractivity contribution in [1.82, 2.24) is 25.3 Å². The minimum Gasteiger partial charge on any atom is -0.394 e. The smallest absolute Gasteiger partial charge is 0.243 e. The van der Waals surface area contributed by atoms with Crippen LogP contribution in [0.2, 0.25) is 0 Å². The molecular weight excluding hydrogens is 282 g/mol. The molecule has 0 saturated heterocycles. The molecule has 0 spiro atoms. The average Bonchev–Trinajstić information content (AvgIpc) is 2.86. The molecule has 2 aromatic rings. The number of aromatic nitrogens is 4. The fourth-order valence-electron chi connectivity index (χ4n) is 1.25. The summed E-state index contributed by atoms with van der Waals surface area (Å²) in [4.78, 5) is -0.755. The lowest BCUT2D eigenvalue weighted by atomic mass is 10.3. The second-order valence-corrected chi connectivity index (χ2v) is 5.16. The third kappa shape index (κ3) is 2.66. The highest BCUT2D eigenvalue weighted by molar-refractivity contribution is 7.89. The fourth-order valence-corrected chi connectivity index (χ4v) is 2.32. The van der Waals surface area contributed by atoms with Gasteiger partial charge in [-0.05, 0) is 12.1 Å². The van der Waals surface area contributed by atoms with E-state index in [4.69, 9.17) is 5.73 Å². The van der Waals surface area contributed by atoms with Gasteiger partial charge in [-0.1, -0.05) is 5.21 Å². The van der Waals surface area contributed by atoms with Gasteiger partial charge in [0, 0.05) is 0 Å². The van der Waals surface area contributed by atoms with Crippen molar-refractivity contribution in [3.05, 3.63) is 29.6 Å². The molecular formula is C8H8F2N6O2S. The lowest BCUT2D eigenvalue weighted by Gasteiger charge is -2.07. The molecule has 0 radical (unpaired) electrons. The van der Waals surface area contributed by atoms with E-state index in [1.165, 1.54) is 0 Å². The number of nitrogens with two attached hydrogens (primary N) is 1. The number of nitrogens with one attached hydrogen (secondary N) is 2. The quantitative estimate of drug-likeness (QED) is 0.654. The van der Waals surface area contributed by atoms with Crippen molar-refractivity contribution in [3.8, 4) is 0 Å². The van der Waals surface area contributed by atoms with Crippen molar-refractivity contribution < 1.29 is 17.2 Å². The van der Waals surface area contributed by atoms with Gasteiger partial charge in [-0.15, -0.1) is 10.2 Å². The summed E-state index contributed by atoms with van der Waals surface area (Å²) in [6, 6.07) is 1.54. The Bertz CT molecular complexity index is 688. The Hall–Kier alpha value is -2.14. The Kier molecular flexibility index (Phi) is 3.40. The van der Waals surface area contributed by atoms with Crippen LogP contribution in [0, 0.1) is 11.6 Å². The molecule has 0 aliphatic rings. The minimum absolute atomic E-state index is 0.0686. The van der Waals surface area contributed by atoms with Gasteiger partial charge in [0.05, 0.1) is 6.54 Å². The molecule has 0 saturated carbocycles. The standard InChI is InChI=1S/C8H8F2N6O2S/c9-4-1-2-5(7(10)8(4)11)19(17,18)12-3-6-13-15-16-14-6/h1-2,12H,3,11H2,(H,13,14,15,16). The summed E-state index contributed by atoms with van der Waals surface area (Å²) in [5.74, 6) is -2.31. The highest BCUT2D eigenvalue weighted by Crippen LogP contribution is 2.22. The topological polar surface area (TPSA) is 127 Å². The number of benzene rings is 1. The highest BCUT2D eigenvalue weighted by Gasteiger charge is 2.22. The van der Waals surface area contributed by atoms with Crippen molar-refractivity contribution in [2.75, 3.05) is 5.73 Å². The number of sulfonamides is 1. The SMILES string of the molecule is Nc1c(F)ccc(S(=O)(=O)NCc2nn[nH]n2)c1F. The van der Waals surface area contributed by atoms with E-state index in [0.717, 1.165) is 12.1 Å². The molecule has 1 aromatic carbocycles. The Morgan fingerprint density at radius 1 is 1.37 bits per heavy atom. The zero-order valence-corrected chi connectivity index (χ0v) is 10.1. The molecule has 19 heavy (non-hydrogen) atoms. The molecule has 0 fully saturated rings. The van der Waals surface area contributed by atoms with Crippen LogP contribution < -0.4 is 10.5 Å². The maximum atomic E-state index is 13.6. The van der Waals surface area contributed by atoms with Gasteiger partial charge in [0.15, 0.2) is 11.6 Å². The Morgan fingerprint density at radius 3 is 2.74 bits per heavy atom. The lowest BCUT2D eigenvalue weighted by molar-refractivity contribution is 0.547. The van der Waals surface area contributed by atoms with Gasteiger partial charge in [-0.2, -0.15) is 5.21 Å². The predicted octanol–water partition coefficient (Wildman–Crippen LogP) is -0.461. The van der Waals surface area contributed by atoms with Gasteiger partial charge in [0.25, 0.3) is 0 Å². The second-order valence-electron chi connectivity index (χ2n) is 3.43. The number of tetrazole rings is 1. The Balaban J connectivity index is 2.27. The first-order valence-electron chi connectivity index (χ1n) is 4.87. The van der Waals surface area contributed by atoms with Crippen LogP contribution in [0.3, 0.4) is 0 Å². The molecule has 1 heterocycles. The van der Waals surface area contributed by atoms with Gasteiger partial charge in [-0.25, -0.2) is 21.9 Å². The second kappa shape index (κ2) is 4.85. The molecule has 8 nitrogen and oxygen atoms in total. The number of anilines is 1. The number of hydrogen-bond acceptors (Lipinski definition) is 6. The van der Waals surface area contributed by atoms with Gasteiger partial charge < -0.3 is 5.73 Å². The average molecular weight is 290 g/mol. The third-order valence-electron chi connectivity index (χ3n) is 2.19. The largest absolute Gasteiger partial charge is 0.394 e. The molecule has 102 valence electrons. The van der Waals surface area contributed by atoms with Gasteiger partial charge >= 0.3 is 0 Å². The molecule has 0 aliphatic heterocycles. The first-order chi connectivity index (χ1) is 8.92. The number of nitrogens with zero attached hydrogens (tertiary/aromatic N) is 3. The molecule has 0 bridgehead atoms. The molecule has 4 N–H and O–H groups in total. The van der Waals surface area contributed by atoms with Crippen LogP contribution in [0.4, 0.5) is 14.5 Å². The monoisotopic (exact) mass is 290 g/mol. The zero-order valence-electron chi connectivity index (χ0n) is 9.26. The summed E-state index contributed by atoms with van der Waals surface area (Å²) < 4.78 is 52.2. The summed E-state index contributed by atoms with van der Waals surface area (Å²) in [5.41, 5.74) is 4.23. The molecule has 2 rings (SSSR count). The summed E-state index contributed by atoms with van der Waals surface area (Å²) in [5, 5.41) is 12.4. The van der Waals surface area contributed by atoms with Crippen molar-refractivity contribution >= 4 is 15.7 Å². The Morgan fingerprint density at radius 2 is 2.11 bits per heavy atom. The summed E-state index contributed by atoms with van der Waals surface area (Å²) in [7, 11) is -4.20. The van der Waals surface area contributed by atoms with E-state index in [9.17, 15) is 17.2 Å².